The third-order valence-corrected chi connectivity index (χ3v) is 10.3. The van der Waals surface area contributed by atoms with Crippen LogP contribution in [0.15, 0.2) is 60.8 Å². The van der Waals surface area contributed by atoms with Gasteiger partial charge >= 0.3 is 16.4 Å². The molecule has 1 rings (SSSR count). The van der Waals surface area contributed by atoms with Gasteiger partial charge in [0.05, 0.1) is 19.8 Å². The number of allylic oxidation sites excluding steroid dienone is 10. The molecule has 0 spiro atoms. The van der Waals surface area contributed by atoms with E-state index in [0.717, 1.165) is 64.2 Å². The average molecular weight is 857 g/mol. The van der Waals surface area contributed by atoms with Crippen LogP contribution in [0.1, 0.15) is 162 Å². The standard InChI is InChI=1S/C46H80O12S/c1-3-5-7-9-11-13-15-17-19-20-21-22-23-25-27-29-31-33-35-42(48)56-40(38-54-36-34-32-30-28-26-24-18-16-14-12-10-8-6-4-2)39-55-46-44(50)45(58-59(51,52)53)43(49)41(37-47)57-46/h6,8,12,14,18-20,24,28,30,40-41,43-47,49-50H,3-5,7,9-11,13,15-17,21-23,25-27,29,31-39H2,1-2H3,(H,51,52,53)/b8-6-,14-12-,20-19-,24-18-,30-28-. The topological polar surface area (TPSA) is 178 Å². The van der Waals surface area contributed by atoms with Crippen LogP contribution in [0, 0.1) is 0 Å². The molecule has 6 atom stereocenters. The van der Waals surface area contributed by atoms with Crippen molar-refractivity contribution in [3.63, 3.8) is 0 Å². The maximum atomic E-state index is 12.8. The molecular formula is C46H80O12S. The highest BCUT2D eigenvalue weighted by atomic mass is 32.3. The van der Waals surface area contributed by atoms with Crippen LogP contribution in [0.2, 0.25) is 0 Å². The van der Waals surface area contributed by atoms with Crippen molar-refractivity contribution in [2.75, 3.05) is 26.4 Å². The van der Waals surface area contributed by atoms with Gasteiger partial charge in [-0.25, -0.2) is 4.18 Å². The first-order valence-electron chi connectivity index (χ1n) is 22.5. The van der Waals surface area contributed by atoms with Gasteiger partial charge in [-0.1, -0.05) is 145 Å². The lowest BCUT2D eigenvalue weighted by Crippen LogP contribution is -2.60. The smallest absolute Gasteiger partial charge is 0.397 e. The second kappa shape index (κ2) is 37.6. The summed E-state index contributed by atoms with van der Waals surface area (Å²) in [6.45, 7) is 3.71. The number of unbranched alkanes of at least 4 members (excludes halogenated alkanes) is 15. The summed E-state index contributed by atoms with van der Waals surface area (Å²) in [5.74, 6) is -0.424. The van der Waals surface area contributed by atoms with Crippen molar-refractivity contribution in [2.45, 2.75) is 198 Å². The molecule has 0 aromatic heterocycles. The summed E-state index contributed by atoms with van der Waals surface area (Å²) in [4.78, 5) is 12.8. The van der Waals surface area contributed by atoms with Gasteiger partial charge in [-0.05, 0) is 70.6 Å². The Bertz CT molecular complexity index is 1260. The maximum Gasteiger partial charge on any atom is 0.397 e. The van der Waals surface area contributed by atoms with E-state index in [4.69, 9.17) is 23.5 Å². The van der Waals surface area contributed by atoms with Crippen molar-refractivity contribution in [3.05, 3.63) is 60.8 Å². The molecule has 1 saturated heterocycles. The molecule has 0 aromatic carbocycles. The van der Waals surface area contributed by atoms with Crippen molar-refractivity contribution in [2.24, 2.45) is 0 Å². The molecule has 0 amide bonds. The Balaban J connectivity index is 2.47. The molecule has 13 heteroatoms. The van der Waals surface area contributed by atoms with E-state index < -0.39 is 59.8 Å². The largest absolute Gasteiger partial charge is 0.457 e. The zero-order valence-corrected chi connectivity index (χ0v) is 37.1. The molecule has 0 saturated carbocycles. The van der Waals surface area contributed by atoms with Crippen LogP contribution in [0.3, 0.4) is 0 Å². The van der Waals surface area contributed by atoms with Crippen LogP contribution >= 0.6 is 0 Å². The normalized spacial score (nSPS) is 20.9. The van der Waals surface area contributed by atoms with Gasteiger partial charge in [-0.2, -0.15) is 8.42 Å². The quantitative estimate of drug-likeness (QED) is 0.0201. The third kappa shape index (κ3) is 31.3. The highest BCUT2D eigenvalue weighted by Crippen LogP contribution is 2.26. The number of aliphatic hydroxyl groups excluding tert-OH is 3. The fourth-order valence-electron chi connectivity index (χ4n) is 6.49. The van der Waals surface area contributed by atoms with Crippen LogP contribution in [-0.2, 0) is 38.3 Å². The highest BCUT2D eigenvalue weighted by Gasteiger charge is 2.48. The van der Waals surface area contributed by atoms with Gasteiger partial charge in [-0.15, -0.1) is 0 Å². The number of carbonyl (C=O) groups is 1. The molecule has 0 aliphatic carbocycles. The molecule has 342 valence electrons. The molecule has 59 heavy (non-hydrogen) atoms. The highest BCUT2D eigenvalue weighted by molar-refractivity contribution is 7.80. The summed E-state index contributed by atoms with van der Waals surface area (Å²) >= 11 is 0. The Hall–Kier alpha value is -2.20. The summed E-state index contributed by atoms with van der Waals surface area (Å²) in [5.41, 5.74) is 0. The van der Waals surface area contributed by atoms with Crippen LogP contribution in [-0.4, -0.2) is 97.5 Å². The molecular weight excluding hydrogens is 777 g/mol. The minimum absolute atomic E-state index is 0.00588. The zero-order chi connectivity index (χ0) is 43.2. The number of rotatable bonds is 38. The van der Waals surface area contributed by atoms with Gasteiger partial charge in [-0.3, -0.25) is 9.35 Å². The fraction of sp³-hybridized carbons (Fsp3) is 0.761. The minimum Gasteiger partial charge on any atom is -0.457 e. The zero-order valence-electron chi connectivity index (χ0n) is 36.3. The minimum atomic E-state index is -5.07. The van der Waals surface area contributed by atoms with Gasteiger partial charge in [0.25, 0.3) is 0 Å². The van der Waals surface area contributed by atoms with Crippen LogP contribution < -0.4 is 0 Å². The molecule has 1 fully saturated rings. The molecule has 1 heterocycles. The van der Waals surface area contributed by atoms with Gasteiger partial charge in [0, 0.05) is 13.0 Å². The summed E-state index contributed by atoms with van der Waals surface area (Å²) < 4.78 is 58.9. The third-order valence-electron chi connectivity index (χ3n) is 9.87. The Morgan fingerprint density at radius 2 is 1.17 bits per heavy atom. The Morgan fingerprint density at radius 1 is 0.661 bits per heavy atom. The fourth-order valence-corrected chi connectivity index (χ4v) is 7.00. The first-order chi connectivity index (χ1) is 28.6. The van der Waals surface area contributed by atoms with Gasteiger partial charge < -0.3 is 34.3 Å². The van der Waals surface area contributed by atoms with Crippen molar-refractivity contribution in [1.29, 1.82) is 0 Å². The van der Waals surface area contributed by atoms with Crippen molar-refractivity contribution in [1.82, 2.24) is 0 Å². The van der Waals surface area contributed by atoms with E-state index in [-0.39, 0.29) is 19.6 Å². The molecule has 1 aliphatic rings. The molecule has 0 radical (unpaired) electrons. The molecule has 6 unspecified atom stereocenters. The van der Waals surface area contributed by atoms with E-state index in [0.29, 0.717) is 13.0 Å². The van der Waals surface area contributed by atoms with E-state index in [1.165, 1.54) is 70.6 Å². The average Bonchev–Trinajstić information content (AvgIpc) is 3.20. The lowest BCUT2D eigenvalue weighted by molar-refractivity contribution is -0.301. The van der Waals surface area contributed by atoms with Crippen molar-refractivity contribution in [3.8, 4) is 0 Å². The summed E-state index contributed by atoms with van der Waals surface area (Å²) in [6, 6.07) is 0. The van der Waals surface area contributed by atoms with Crippen LogP contribution in [0.25, 0.3) is 0 Å². The van der Waals surface area contributed by atoms with E-state index in [1.54, 1.807) is 0 Å². The summed E-state index contributed by atoms with van der Waals surface area (Å²) in [5, 5.41) is 30.6. The van der Waals surface area contributed by atoms with Gasteiger partial charge in [0.1, 0.15) is 30.5 Å². The predicted octanol–water partition coefficient (Wildman–Crippen LogP) is 9.35. The number of aliphatic hydroxyl groups is 3. The molecule has 4 N–H and O–H groups in total. The molecule has 0 bridgehead atoms. The molecule has 1 aliphatic heterocycles. The SMILES string of the molecule is CC/C=C\C/C=C\C/C=C\C/C=C\CCCOCC(COC1OC(CO)C(O)C(OS(=O)(=O)O)C1O)OC(=O)CCCCCCCCC/C=C\CCCCCCCCC. The number of hydrogen-bond acceptors (Lipinski definition) is 11. The number of ether oxygens (including phenoxy) is 4. The lowest BCUT2D eigenvalue weighted by atomic mass is 9.99. The van der Waals surface area contributed by atoms with Crippen LogP contribution in [0.4, 0.5) is 0 Å². The summed E-state index contributed by atoms with van der Waals surface area (Å²) in [6.07, 6.45) is 37.0. The first kappa shape index (κ1) is 54.8. The van der Waals surface area contributed by atoms with Crippen molar-refractivity contribution < 1.29 is 56.2 Å². The first-order valence-corrected chi connectivity index (χ1v) is 23.9. The Morgan fingerprint density at radius 3 is 1.73 bits per heavy atom. The monoisotopic (exact) mass is 857 g/mol. The number of esters is 1. The van der Waals surface area contributed by atoms with Gasteiger partial charge in [0.15, 0.2) is 6.29 Å². The Kier molecular flexibility index (Phi) is 34.9. The lowest BCUT2D eigenvalue weighted by Gasteiger charge is -2.41. The number of hydrogen-bond donors (Lipinski definition) is 4. The Labute approximate surface area is 357 Å². The predicted molar refractivity (Wildman–Crippen MR) is 234 cm³/mol. The van der Waals surface area contributed by atoms with Crippen LogP contribution in [0.5, 0.6) is 0 Å². The second-order valence-corrected chi connectivity index (χ2v) is 16.3. The van der Waals surface area contributed by atoms with E-state index in [2.05, 4.69) is 78.8 Å². The van der Waals surface area contributed by atoms with Crippen molar-refractivity contribution >= 4 is 16.4 Å². The molecule has 12 nitrogen and oxygen atoms in total. The molecule has 0 aromatic rings. The van der Waals surface area contributed by atoms with Gasteiger partial charge in [0.2, 0.25) is 0 Å². The maximum absolute atomic E-state index is 12.8. The number of carbonyl (C=O) groups excluding carboxylic acids is 1. The van der Waals surface area contributed by atoms with E-state index >= 15 is 0 Å². The summed E-state index contributed by atoms with van der Waals surface area (Å²) in [7, 11) is -5.07. The van der Waals surface area contributed by atoms with E-state index in [9.17, 15) is 28.5 Å². The second-order valence-electron chi connectivity index (χ2n) is 15.3. The van der Waals surface area contributed by atoms with E-state index in [1.807, 2.05) is 0 Å².